The number of nitrogens with two attached hydrogens (primary N) is 1. The van der Waals surface area contributed by atoms with Crippen molar-refractivity contribution in [1.82, 2.24) is 4.98 Å². The first-order valence-corrected chi connectivity index (χ1v) is 5.49. The van der Waals surface area contributed by atoms with Crippen LogP contribution in [-0.4, -0.2) is 23.0 Å². The van der Waals surface area contributed by atoms with Crippen LogP contribution in [0.15, 0.2) is 12.1 Å². The average Bonchev–Trinajstić information content (AvgIpc) is 2.75. The molecule has 1 aliphatic heterocycles. The highest BCUT2D eigenvalue weighted by atomic mass is 16.6. The standard InChI is InChI=1S/C10H15N5O2/c1-7-4-5-14(6-7)10-8(15(16)17)2-3-9(12-10)13-11/h2-3,7H,4-6,11H2,1H3,(H,12,13). The first-order valence-electron chi connectivity index (χ1n) is 5.49. The van der Waals surface area contributed by atoms with Crippen molar-refractivity contribution in [3.63, 3.8) is 0 Å². The molecule has 1 fully saturated rings. The maximum atomic E-state index is 10.9. The number of nitro groups is 1. The van der Waals surface area contributed by atoms with Crippen LogP contribution in [-0.2, 0) is 0 Å². The number of nitrogens with one attached hydrogen (secondary N) is 1. The highest BCUT2D eigenvalue weighted by Gasteiger charge is 2.27. The van der Waals surface area contributed by atoms with E-state index in [1.807, 2.05) is 4.90 Å². The zero-order chi connectivity index (χ0) is 12.4. The van der Waals surface area contributed by atoms with Gasteiger partial charge in [0, 0.05) is 19.2 Å². The quantitative estimate of drug-likeness (QED) is 0.464. The summed E-state index contributed by atoms with van der Waals surface area (Å²) in [4.78, 5) is 16.6. The van der Waals surface area contributed by atoms with E-state index in [-0.39, 0.29) is 5.69 Å². The summed E-state index contributed by atoms with van der Waals surface area (Å²) in [7, 11) is 0. The van der Waals surface area contributed by atoms with E-state index in [2.05, 4.69) is 17.3 Å². The van der Waals surface area contributed by atoms with Crippen molar-refractivity contribution < 1.29 is 4.92 Å². The minimum atomic E-state index is -0.411. The molecule has 0 aliphatic carbocycles. The molecule has 0 bridgehead atoms. The summed E-state index contributed by atoms with van der Waals surface area (Å²) >= 11 is 0. The van der Waals surface area contributed by atoms with Crippen molar-refractivity contribution in [2.75, 3.05) is 23.4 Å². The number of aromatic nitrogens is 1. The molecule has 2 rings (SSSR count). The van der Waals surface area contributed by atoms with Gasteiger partial charge in [0.15, 0.2) is 0 Å². The van der Waals surface area contributed by atoms with Gasteiger partial charge in [0.05, 0.1) is 4.92 Å². The molecule has 0 amide bonds. The molecule has 1 atom stereocenters. The van der Waals surface area contributed by atoms with Crippen molar-refractivity contribution >= 4 is 17.3 Å². The maximum Gasteiger partial charge on any atom is 0.311 e. The first kappa shape index (κ1) is 11.6. The molecule has 92 valence electrons. The van der Waals surface area contributed by atoms with Crippen molar-refractivity contribution in [3.05, 3.63) is 22.2 Å². The number of nitrogen functional groups attached to an aromatic ring is 1. The van der Waals surface area contributed by atoms with Gasteiger partial charge in [-0.2, -0.15) is 0 Å². The largest absolute Gasteiger partial charge is 0.351 e. The Morgan fingerprint density at radius 2 is 2.41 bits per heavy atom. The lowest BCUT2D eigenvalue weighted by atomic mass is 10.2. The van der Waals surface area contributed by atoms with Crippen LogP contribution in [0.4, 0.5) is 17.3 Å². The minimum absolute atomic E-state index is 0.0260. The molecule has 0 saturated carbocycles. The summed E-state index contributed by atoms with van der Waals surface area (Å²) in [5.74, 6) is 6.64. The molecular formula is C10H15N5O2. The fourth-order valence-electron chi connectivity index (χ4n) is 2.02. The second kappa shape index (κ2) is 4.54. The Labute approximate surface area is 98.7 Å². The third-order valence-electron chi connectivity index (χ3n) is 2.92. The van der Waals surface area contributed by atoms with E-state index in [4.69, 9.17) is 5.84 Å². The van der Waals surface area contributed by atoms with Gasteiger partial charge < -0.3 is 10.3 Å². The Kier molecular flexibility index (Phi) is 3.10. The Morgan fingerprint density at radius 1 is 1.65 bits per heavy atom. The Balaban J connectivity index is 2.38. The number of pyridine rings is 1. The van der Waals surface area contributed by atoms with Crippen molar-refractivity contribution in [3.8, 4) is 0 Å². The molecule has 7 heteroatoms. The lowest BCUT2D eigenvalue weighted by Gasteiger charge is -2.17. The normalized spacial score (nSPS) is 19.4. The molecule has 2 heterocycles. The van der Waals surface area contributed by atoms with Gasteiger partial charge in [-0.05, 0) is 18.4 Å². The van der Waals surface area contributed by atoms with Crippen LogP contribution in [0.25, 0.3) is 0 Å². The molecule has 0 aromatic carbocycles. The number of hydrazine groups is 1. The average molecular weight is 237 g/mol. The van der Waals surface area contributed by atoms with E-state index < -0.39 is 4.92 Å². The second-order valence-corrected chi connectivity index (χ2v) is 4.28. The number of rotatable bonds is 3. The molecule has 1 unspecified atom stereocenters. The molecule has 7 nitrogen and oxygen atoms in total. The summed E-state index contributed by atoms with van der Waals surface area (Å²) in [5, 5.41) is 10.9. The van der Waals surface area contributed by atoms with Gasteiger partial charge in [-0.1, -0.05) is 6.92 Å². The Morgan fingerprint density at radius 3 is 2.94 bits per heavy atom. The summed E-state index contributed by atoms with van der Waals surface area (Å²) < 4.78 is 0. The number of nitrogens with zero attached hydrogens (tertiary/aromatic N) is 3. The van der Waals surface area contributed by atoms with Gasteiger partial charge in [-0.3, -0.25) is 10.1 Å². The van der Waals surface area contributed by atoms with Gasteiger partial charge in [-0.25, -0.2) is 10.8 Å². The highest BCUT2D eigenvalue weighted by Crippen LogP contribution is 2.31. The molecule has 3 N–H and O–H groups in total. The zero-order valence-corrected chi connectivity index (χ0v) is 9.59. The lowest BCUT2D eigenvalue weighted by Crippen LogP contribution is -2.22. The summed E-state index contributed by atoms with van der Waals surface area (Å²) in [6, 6.07) is 2.93. The Hall–Kier alpha value is -1.89. The van der Waals surface area contributed by atoms with Crippen molar-refractivity contribution in [2.45, 2.75) is 13.3 Å². The van der Waals surface area contributed by atoms with Crippen LogP contribution in [0.5, 0.6) is 0 Å². The molecule has 0 radical (unpaired) electrons. The highest BCUT2D eigenvalue weighted by molar-refractivity contribution is 5.62. The zero-order valence-electron chi connectivity index (χ0n) is 9.59. The van der Waals surface area contributed by atoms with Crippen molar-refractivity contribution in [2.24, 2.45) is 11.8 Å². The van der Waals surface area contributed by atoms with Crippen LogP contribution in [0.3, 0.4) is 0 Å². The van der Waals surface area contributed by atoms with Gasteiger partial charge in [0.1, 0.15) is 5.82 Å². The van der Waals surface area contributed by atoms with E-state index in [0.29, 0.717) is 17.6 Å². The smallest absolute Gasteiger partial charge is 0.311 e. The van der Waals surface area contributed by atoms with Crippen LogP contribution in [0.1, 0.15) is 13.3 Å². The Bertz CT molecular complexity index is 437. The first-order chi connectivity index (χ1) is 8.11. The number of hydrogen-bond acceptors (Lipinski definition) is 6. The topological polar surface area (TPSA) is 97.3 Å². The molecule has 1 aliphatic rings. The third-order valence-corrected chi connectivity index (χ3v) is 2.92. The summed E-state index contributed by atoms with van der Waals surface area (Å²) in [6.07, 6.45) is 1.03. The SMILES string of the molecule is CC1CCN(c2nc(NN)ccc2[N+](=O)[O-])C1. The fraction of sp³-hybridized carbons (Fsp3) is 0.500. The van der Waals surface area contributed by atoms with E-state index in [9.17, 15) is 10.1 Å². The molecular weight excluding hydrogens is 222 g/mol. The molecule has 0 spiro atoms. The number of hydrogen-bond donors (Lipinski definition) is 2. The van der Waals surface area contributed by atoms with Crippen LogP contribution in [0.2, 0.25) is 0 Å². The van der Waals surface area contributed by atoms with Gasteiger partial charge in [-0.15, -0.1) is 0 Å². The summed E-state index contributed by atoms with van der Waals surface area (Å²) in [6.45, 7) is 3.71. The van der Waals surface area contributed by atoms with Crippen LogP contribution < -0.4 is 16.2 Å². The lowest BCUT2D eigenvalue weighted by molar-refractivity contribution is -0.384. The molecule has 1 aromatic rings. The minimum Gasteiger partial charge on any atom is -0.351 e. The van der Waals surface area contributed by atoms with Crippen molar-refractivity contribution in [1.29, 1.82) is 0 Å². The summed E-state index contributed by atoms with van der Waals surface area (Å²) in [5.41, 5.74) is 2.43. The maximum absolute atomic E-state index is 10.9. The van der Waals surface area contributed by atoms with Crippen LogP contribution in [0, 0.1) is 16.0 Å². The second-order valence-electron chi connectivity index (χ2n) is 4.28. The molecule has 1 saturated heterocycles. The molecule has 17 heavy (non-hydrogen) atoms. The fourth-order valence-corrected chi connectivity index (χ4v) is 2.02. The van der Waals surface area contributed by atoms with E-state index in [1.54, 1.807) is 0 Å². The number of anilines is 2. The third kappa shape index (κ3) is 2.28. The van der Waals surface area contributed by atoms with E-state index in [1.165, 1.54) is 12.1 Å². The van der Waals surface area contributed by atoms with Gasteiger partial charge in [0.2, 0.25) is 5.82 Å². The van der Waals surface area contributed by atoms with Gasteiger partial charge in [0.25, 0.3) is 0 Å². The predicted octanol–water partition coefficient (Wildman–Crippen LogP) is 1.12. The monoisotopic (exact) mass is 237 g/mol. The van der Waals surface area contributed by atoms with Crippen LogP contribution >= 0.6 is 0 Å². The van der Waals surface area contributed by atoms with E-state index >= 15 is 0 Å². The molecule has 1 aromatic heterocycles. The van der Waals surface area contributed by atoms with E-state index in [0.717, 1.165) is 19.5 Å². The predicted molar refractivity (Wildman–Crippen MR) is 64.7 cm³/mol. The van der Waals surface area contributed by atoms with Gasteiger partial charge >= 0.3 is 5.69 Å².